The van der Waals surface area contributed by atoms with Gasteiger partial charge in [0.1, 0.15) is 30.5 Å². The third-order valence-corrected chi connectivity index (χ3v) is 7.94. The fourth-order valence-electron chi connectivity index (χ4n) is 5.46. The average Bonchev–Trinajstić information content (AvgIpc) is 3.56. The van der Waals surface area contributed by atoms with E-state index in [9.17, 15) is 19.2 Å². The van der Waals surface area contributed by atoms with Crippen molar-refractivity contribution in [2.24, 2.45) is 10.8 Å². The number of cyclic esters (lactones) is 1. The van der Waals surface area contributed by atoms with Crippen LogP contribution in [0.5, 0.6) is 5.75 Å². The van der Waals surface area contributed by atoms with Crippen LogP contribution in [-0.2, 0) is 36.9 Å². The molecule has 3 aliphatic rings. The van der Waals surface area contributed by atoms with Crippen LogP contribution in [0.25, 0.3) is 0 Å². The summed E-state index contributed by atoms with van der Waals surface area (Å²) in [5, 5.41) is 2.73. The number of carbonyl (C=O) groups is 4. The molecule has 3 aliphatic heterocycles. The maximum atomic E-state index is 13.9. The summed E-state index contributed by atoms with van der Waals surface area (Å²) in [4.78, 5) is 55.7. The molecule has 0 spiro atoms. The molecule has 1 N–H and O–H groups in total. The summed E-state index contributed by atoms with van der Waals surface area (Å²) in [7, 11) is 1.25. The number of nitrogens with zero attached hydrogens (tertiary/aromatic N) is 2. The second kappa shape index (κ2) is 12.6. The van der Waals surface area contributed by atoms with Crippen LogP contribution in [0.3, 0.4) is 0 Å². The first-order valence-corrected chi connectivity index (χ1v) is 14.4. The van der Waals surface area contributed by atoms with Gasteiger partial charge in [-0.3, -0.25) is 9.69 Å². The van der Waals surface area contributed by atoms with Crippen molar-refractivity contribution in [2.75, 3.05) is 26.9 Å². The average molecular weight is 586 g/mol. The van der Waals surface area contributed by atoms with E-state index in [-0.39, 0.29) is 25.0 Å². The van der Waals surface area contributed by atoms with Gasteiger partial charge in [0.25, 0.3) is 0 Å². The number of methoxy groups -OCH3 is 1. The van der Waals surface area contributed by atoms with E-state index < -0.39 is 47.7 Å². The van der Waals surface area contributed by atoms with Crippen molar-refractivity contribution in [1.29, 1.82) is 0 Å². The van der Waals surface area contributed by atoms with Crippen molar-refractivity contribution in [1.82, 2.24) is 15.1 Å². The Morgan fingerprint density at radius 3 is 2.57 bits per heavy atom. The number of alkyl carbamates (subject to hydrolysis) is 1. The number of hydrogen-bond acceptors (Lipinski definition) is 8. The van der Waals surface area contributed by atoms with E-state index in [4.69, 9.17) is 18.9 Å². The standard InChI is InChI=1S/C31H43N3O8/c1-30(2,3)25-26(35)34-17-21(15-23(34)27(36)39-6)42-29(38)33-16-20-11-10-12-24(22(20)18-33)40-14-9-7-8-13-31(4,5)19-41-28(37)32-25/h7,9-12,21,23,25H,8,13-19H2,1-6H3,(H,32,37)/b9-7+/t21?,23-,25+/m0/s1. The molecule has 11 nitrogen and oxygen atoms in total. The van der Waals surface area contributed by atoms with Crippen LogP contribution in [0.15, 0.2) is 30.4 Å². The van der Waals surface area contributed by atoms with Gasteiger partial charge in [0, 0.05) is 18.5 Å². The van der Waals surface area contributed by atoms with Gasteiger partial charge < -0.3 is 29.2 Å². The molecule has 0 radical (unpaired) electrons. The third-order valence-electron chi connectivity index (χ3n) is 7.94. The predicted octanol–water partition coefficient (Wildman–Crippen LogP) is 4.18. The Hall–Kier alpha value is -3.76. The third kappa shape index (κ3) is 7.35. The second-order valence-electron chi connectivity index (χ2n) is 13.0. The highest BCUT2D eigenvalue weighted by atomic mass is 16.6. The van der Waals surface area contributed by atoms with Gasteiger partial charge in [-0.25, -0.2) is 14.4 Å². The van der Waals surface area contributed by atoms with Gasteiger partial charge in [0.2, 0.25) is 5.91 Å². The van der Waals surface area contributed by atoms with Crippen molar-refractivity contribution in [3.63, 3.8) is 0 Å². The fraction of sp³-hybridized carbons (Fsp3) is 0.613. The van der Waals surface area contributed by atoms with Gasteiger partial charge in [-0.2, -0.15) is 0 Å². The van der Waals surface area contributed by atoms with E-state index in [2.05, 4.69) is 5.32 Å². The Morgan fingerprint density at radius 2 is 1.86 bits per heavy atom. The Morgan fingerprint density at radius 1 is 1.10 bits per heavy atom. The molecule has 230 valence electrons. The summed E-state index contributed by atoms with van der Waals surface area (Å²) < 4.78 is 22.4. The molecule has 42 heavy (non-hydrogen) atoms. The molecule has 0 aliphatic carbocycles. The highest BCUT2D eigenvalue weighted by Gasteiger charge is 2.47. The van der Waals surface area contributed by atoms with E-state index in [0.29, 0.717) is 25.4 Å². The lowest BCUT2D eigenvalue weighted by Crippen LogP contribution is -2.57. The Kier molecular flexibility index (Phi) is 9.37. The Labute approximate surface area is 247 Å². The summed E-state index contributed by atoms with van der Waals surface area (Å²) in [6.45, 7) is 10.7. The monoisotopic (exact) mass is 585 g/mol. The number of benzene rings is 1. The van der Waals surface area contributed by atoms with Gasteiger partial charge in [-0.15, -0.1) is 0 Å². The van der Waals surface area contributed by atoms with Crippen molar-refractivity contribution >= 4 is 24.1 Å². The molecule has 0 aromatic heterocycles. The number of hydrogen-bond donors (Lipinski definition) is 1. The highest BCUT2D eigenvalue weighted by Crippen LogP contribution is 2.33. The van der Waals surface area contributed by atoms with E-state index in [1.165, 1.54) is 12.0 Å². The summed E-state index contributed by atoms with van der Waals surface area (Å²) in [5.74, 6) is -0.380. The molecule has 1 fully saturated rings. The number of esters is 1. The minimum absolute atomic E-state index is 0.0117. The van der Waals surface area contributed by atoms with Crippen LogP contribution in [0.2, 0.25) is 0 Å². The number of ether oxygens (including phenoxy) is 4. The van der Waals surface area contributed by atoms with E-state index in [1.54, 1.807) is 4.90 Å². The predicted molar refractivity (Wildman–Crippen MR) is 153 cm³/mol. The molecule has 3 amide bonds. The lowest BCUT2D eigenvalue weighted by Gasteiger charge is -2.35. The Balaban J connectivity index is 1.60. The summed E-state index contributed by atoms with van der Waals surface area (Å²) in [6, 6.07) is 3.78. The van der Waals surface area contributed by atoms with Crippen molar-refractivity contribution in [3.05, 3.63) is 41.5 Å². The number of carbonyl (C=O) groups excluding carboxylic acids is 4. The zero-order chi connectivity index (χ0) is 30.7. The smallest absolute Gasteiger partial charge is 0.410 e. The lowest BCUT2D eigenvalue weighted by atomic mass is 9.85. The fourth-order valence-corrected chi connectivity index (χ4v) is 5.46. The first kappa shape index (κ1) is 31.2. The number of amides is 3. The number of rotatable bonds is 1. The molecule has 11 heteroatoms. The van der Waals surface area contributed by atoms with E-state index in [1.807, 2.05) is 65.0 Å². The SMILES string of the molecule is COC(=O)[C@@H]1CC2CN1C(=O)[C@H](C(C)(C)C)NC(=O)OCC(C)(C)CC/C=C/COc1cccc3c1CN(C3)C(=O)O2. The largest absolute Gasteiger partial charge is 0.489 e. The lowest BCUT2D eigenvalue weighted by molar-refractivity contribution is -0.152. The normalized spacial score (nSPS) is 26.1. The minimum atomic E-state index is -0.998. The molecule has 3 heterocycles. The van der Waals surface area contributed by atoms with Crippen LogP contribution < -0.4 is 10.1 Å². The molecule has 1 aromatic rings. The van der Waals surface area contributed by atoms with Crippen LogP contribution in [0.1, 0.15) is 65.0 Å². The molecule has 4 rings (SSSR count). The van der Waals surface area contributed by atoms with E-state index in [0.717, 1.165) is 24.0 Å². The van der Waals surface area contributed by atoms with Gasteiger partial charge in [-0.1, -0.05) is 58.9 Å². The maximum absolute atomic E-state index is 13.9. The van der Waals surface area contributed by atoms with Crippen LogP contribution in [-0.4, -0.2) is 78.9 Å². The molecule has 0 saturated carbocycles. The molecular formula is C31H43N3O8. The quantitative estimate of drug-likeness (QED) is 0.296. The number of nitrogens with one attached hydrogen (secondary N) is 1. The summed E-state index contributed by atoms with van der Waals surface area (Å²) in [5.41, 5.74) is 0.906. The first-order valence-electron chi connectivity index (χ1n) is 14.4. The topological polar surface area (TPSA) is 124 Å². The zero-order valence-corrected chi connectivity index (χ0v) is 25.4. The number of allylic oxidation sites excluding steroid dienone is 1. The van der Waals surface area contributed by atoms with Crippen LogP contribution in [0.4, 0.5) is 9.59 Å². The zero-order valence-electron chi connectivity index (χ0n) is 25.4. The van der Waals surface area contributed by atoms with E-state index >= 15 is 0 Å². The van der Waals surface area contributed by atoms with Crippen molar-refractivity contribution < 1.29 is 38.1 Å². The summed E-state index contributed by atoms with van der Waals surface area (Å²) >= 11 is 0. The Bertz CT molecular complexity index is 1220. The molecular weight excluding hydrogens is 542 g/mol. The molecule has 1 aromatic carbocycles. The number of fused-ring (bicyclic) bond motifs is 3. The van der Waals surface area contributed by atoms with Crippen molar-refractivity contribution in [3.8, 4) is 5.75 Å². The van der Waals surface area contributed by atoms with Gasteiger partial charge >= 0.3 is 18.2 Å². The molecule has 1 unspecified atom stereocenters. The first-order chi connectivity index (χ1) is 19.8. The maximum Gasteiger partial charge on any atom is 0.410 e. The highest BCUT2D eigenvalue weighted by molar-refractivity contribution is 5.91. The van der Waals surface area contributed by atoms with Crippen LogP contribution >= 0.6 is 0 Å². The molecule has 1 saturated heterocycles. The second-order valence-corrected chi connectivity index (χ2v) is 13.0. The van der Waals surface area contributed by atoms with Crippen molar-refractivity contribution in [2.45, 2.75) is 85.2 Å². The minimum Gasteiger partial charge on any atom is -0.489 e. The van der Waals surface area contributed by atoms with Gasteiger partial charge in [-0.05, 0) is 35.3 Å². The molecule has 3 atom stereocenters. The summed E-state index contributed by atoms with van der Waals surface area (Å²) in [6.07, 6.45) is 3.62. The van der Waals surface area contributed by atoms with Gasteiger partial charge in [0.05, 0.1) is 26.8 Å². The van der Waals surface area contributed by atoms with Gasteiger partial charge in [0.15, 0.2) is 0 Å². The van der Waals surface area contributed by atoms with Crippen LogP contribution in [0, 0.1) is 10.8 Å². The molecule has 4 bridgehead atoms.